The van der Waals surface area contributed by atoms with Gasteiger partial charge >= 0.3 is 5.97 Å². The lowest BCUT2D eigenvalue weighted by atomic mass is 9.89. The highest BCUT2D eigenvalue weighted by Crippen LogP contribution is 2.41. The molecule has 2 aromatic rings. The first-order chi connectivity index (χ1) is 13.3. The fourth-order valence-electron chi connectivity index (χ4n) is 3.39. The van der Waals surface area contributed by atoms with Crippen LogP contribution in [0.3, 0.4) is 0 Å². The number of carboxylic acids is 1. The van der Waals surface area contributed by atoms with Crippen LogP contribution < -0.4 is 5.32 Å². The van der Waals surface area contributed by atoms with Gasteiger partial charge in [0.05, 0.1) is 11.6 Å². The van der Waals surface area contributed by atoms with Crippen molar-refractivity contribution in [1.29, 1.82) is 0 Å². The van der Waals surface area contributed by atoms with Crippen LogP contribution >= 0.6 is 0 Å². The third kappa shape index (κ3) is 4.08. The Kier molecular flexibility index (Phi) is 5.53. The molecule has 1 aliphatic rings. The second-order valence-electron chi connectivity index (χ2n) is 6.93. The highest BCUT2D eigenvalue weighted by atomic mass is 19.1. The van der Waals surface area contributed by atoms with E-state index in [1.807, 2.05) is 0 Å². The molecule has 28 heavy (non-hydrogen) atoms. The van der Waals surface area contributed by atoms with Gasteiger partial charge in [-0.3, -0.25) is 9.59 Å². The van der Waals surface area contributed by atoms with Crippen LogP contribution in [0.1, 0.15) is 53.2 Å². The maximum absolute atomic E-state index is 14.0. The van der Waals surface area contributed by atoms with Gasteiger partial charge in [0.1, 0.15) is 23.3 Å². The van der Waals surface area contributed by atoms with E-state index in [0.29, 0.717) is 5.56 Å². The van der Waals surface area contributed by atoms with E-state index < -0.39 is 46.8 Å². The van der Waals surface area contributed by atoms with Gasteiger partial charge in [-0.25, -0.2) is 13.6 Å². The van der Waals surface area contributed by atoms with E-state index in [9.17, 15) is 28.3 Å². The number of benzene rings is 2. The minimum atomic E-state index is -1.56. The van der Waals surface area contributed by atoms with Gasteiger partial charge in [0, 0.05) is 0 Å². The molecule has 1 amide bonds. The van der Waals surface area contributed by atoms with Crippen molar-refractivity contribution in [1.82, 2.24) is 5.32 Å². The predicted molar refractivity (Wildman–Crippen MR) is 96.8 cm³/mol. The van der Waals surface area contributed by atoms with Crippen molar-refractivity contribution < 1.29 is 28.3 Å². The standard InChI is InChI=1S/C21H19F2NO4/c1-11(25)17(15-6-3-7-16(23)18(15)21(27)28)20(26)24-19(12-8-9-12)13-4-2-5-14(22)10-13/h2-7,10,12,17,19H,8-9H2,1H3,(H,24,26)(H,27,28). The SMILES string of the molecule is CC(=O)C(C(=O)NC(c1cccc(F)c1)C1CC1)c1cccc(F)c1C(=O)O. The van der Waals surface area contributed by atoms with E-state index in [0.717, 1.165) is 25.8 Å². The molecule has 2 unspecified atom stereocenters. The zero-order valence-electron chi connectivity index (χ0n) is 15.1. The van der Waals surface area contributed by atoms with Crippen molar-refractivity contribution in [3.8, 4) is 0 Å². The molecule has 2 N–H and O–H groups in total. The minimum Gasteiger partial charge on any atom is -0.478 e. The number of amides is 1. The summed E-state index contributed by atoms with van der Waals surface area (Å²) in [4.78, 5) is 36.6. The first kappa shape index (κ1) is 19.7. The van der Waals surface area contributed by atoms with Crippen LogP contribution in [0.4, 0.5) is 8.78 Å². The summed E-state index contributed by atoms with van der Waals surface area (Å²) in [6, 6.07) is 8.78. The molecule has 3 rings (SSSR count). The smallest absolute Gasteiger partial charge is 0.339 e. The van der Waals surface area contributed by atoms with Crippen molar-refractivity contribution in [2.75, 3.05) is 0 Å². The van der Waals surface area contributed by atoms with Crippen LogP contribution in [0.2, 0.25) is 0 Å². The number of hydrogen-bond acceptors (Lipinski definition) is 3. The molecule has 0 heterocycles. The number of carboxylic acid groups (broad SMARTS) is 1. The summed E-state index contributed by atoms with van der Waals surface area (Å²) in [5.41, 5.74) is -0.339. The van der Waals surface area contributed by atoms with Crippen molar-refractivity contribution in [3.63, 3.8) is 0 Å². The predicted octanol–water partition coefficient (Wildman–Crippen LogP) is 3.60. The fraction of sp³-hybridized carbons (Fsp3) is 0.286. The number of carbonyl (C=O) groups excluding carboxylic acids is 2. The Bertz CT molecular complexity index is 940. The Morgan fingerprint density at radius 3 is 2.36 bits per heavy atom. The third-order valence-corrected chi connectivity index (χ3v) is 4.84. The van der Waals surface area contributed by atoms with Gasteiger partial charge in [-0.15, -0.1) is 0 Å². The first-order valence-corrected chi connectivity index (χ1v) is 8.87. The summed E-state index contributed by atoms with van der Waals surface area (Å²) in [6.45, 7) is 1.15. The molecule has 2 aromatic carbocycles. The van der Waals surface area contributed by atoms with E-state index in [4.69, 9.17) is 0 Å². The van der Waals surface area contributed by atoms with E-state index in [-0.39, 0.29) is 11.5 Å². The second-order valence-corrected chi connectivity index (χ2v) is 6.93. The van der Waals surface area contributed by atoms with Crippen LogP contribution in [0, 0.1) is 17.6 Å². The molecule has 0 aromatic heterocycles. The molecule has 0 radical (unpaired) electrons. The average molecular weight is 387 g/mol. The Morgan fingerprint density at radius 1 is 1.11 bits per heavy atom. The zero-order chi connectivity index (χ0) is 20.4. The number of nitrogens with one attached hydrogen (secondary N) is 1. The van der Waals surface area contributed by atoms with Crippen LogP contribution in [0.15, 0.2) is 42.5 Å². The van der Waals surface area contributed by atoms with Crippen molar-refractivity contribution >= 4 is 17.7 Å². The zero-order valence-corrected chi connectivity index (χ0v) is 15.1. The van der Waals surface area contributed by atoms with Gasteiger partial charge in [0.2, 0.25) is 5.91 Å². The number of carbonyl (C=O) groups is 3. The molecular weight excluding hydrogens is 368 g/mol. The number of ketones is 1. The Balaban J connectivity index is 1.95. The van der Waals surface area contributed by atoms with Crippen LogP contribution in [0.5, 0.6) is 0 Å². The van der Waals surface area contributed by atoms with Gasteiger partial charge in [-0.05, 0) is 55.0 Å². The molecule has 0 bridgehead atoms. The monoisotopic (exact) mass is 387 g/mol. The van der Waals surface area contributed by atoms with Gasteiger partial charge in [-0.2, -0.15) is 0 Å². The Hall–Kier alpha value is -3.09. The van der Waals surface area contributed by atoms with Crippen molar-refractivity contribution in [3.05, 3.63) is 70.8 Å². The lowest BCUT2D eigenvalue weighted by molar-refractivity contribution is -0.130. The number of halogens is 2. The van der Waals surface area contributed by atoms with Gasteiger partial charge in [-0.1, -0.05) is 24.3 Å². The maximum Gasteiger partial charge on any atom is 0.339 e. The molecular formula is C21H19F2NO4. The summed E-state index contributed by atoms with van der Waals surface area (Å²) >= 11 is 0. The topological polar surface area (TPSA) is 83.5 Å². The molecule has 5 nitrogen and oxygen atoms in total. The van der Waals surface area contributed by atoms with Gasteiger partial charge < -0.3 is 10.4 Å². The van der Waals surface area contributed by atoms with Crippen LogP contribution in [-0.2, 0) is 9.59 Å². The number of Topliss-reactive ketones (excluding diaryl/α,β-unsaturated/α-hetero) is 1. The molecule has 2 atom stereocenters. The second kappa shape index (κ2) is 7.88. The third-order valence-electron chi connectivity index (χ3n) is 4.84. The van der Waals surface area contributed by atoms with E-state index >= 15 is 0 Å². The maximum atomic E-state index is 14.0. The molecule has 0 spiro atoms. The quantitative estimate of drug-likeness (QED) is 0.711. The largest absolute Gasteiger partial charge is 0.478 e. The molecule has 7 heteroatoms. The van der Waals surface area contributed by atoms with Crippen molar-refractivity contribution in [2.45, 2.75) is 31.7 Å². The van der Waals surface area contributed by atoms with Crippen LogP contribution in [0.25, 0.3) is 0 Å². The van der Waals surface area contributed by atoms with Gasteiger partial charge in [0.15, 0.2) is 0 Å². The molecule has 0 saturated heterocycles. The highest BCUT2D eigenvalue weighted by molar-refractivity contribution is 6.08. The summed E-state index contributed by atoms with van der Waals surface area (Å²) in [5.74, 6) is -5.75. The fourth-order valence-corrected chi connectivity index (χ4v) is 3.39. The average Bonchev–Trinajstić information content (AvgIpc) is 3.44. The summed E-state index contributed by atoms with van der Waals surface area (Å²) < 4.78 is 27.6. The number of aromatic carboxylic acids is 1. The molecule has 1 aliphatic carbocycles. The minimum absolute atomic E-state index is 0.102. The highest BCUT2D eigenvalue weighted by Gasteiger charge is 2.37. The Labute approximate surface area is 160 Å². The number of hydrogen-bond donors (Lipinski definition) is 2. The van der Waals surface area contributed by atoms with E-state index in [2.05, 4.69) is 5.32 Å². The Morgan fingerprint density at radius 2 is 1.79 bits per heavy atom. The van der Waals surface area contributed by atoms with E-state index in [1.165, 1.54) is 30.3 Å². The van der Waals surface area contributed by atoms with Crippen molar-refractivity contribution in [2.24, 2.45) is 5.92 Å². The molecule has 1 saturated carbocycles. The number of rotatable bonds is 7. The normalized spacial score (nSPS) is 15.5. The summed E-state index contributed by atoms with van der Waals surface area (Å²) in [7, 11) is 0. The molecule has 0 aliphatic heterocycles. The molecule has 146 valence electrons. The van der Waals surface area contributed by atoms with Crippen LogP contribution in [-0.4, -0.2) is 22.8 Å². The molecule has 1 fully saturated rings. The van der Waals surface area contributed by atoms with E-state index in [1.54, 1.807) is 6.07 Å². The lowest BCUT2D eigenvalue weighted by Gasteiger charge is -2.23. The summed E-state index contributed by atoms with van der Waals surface area (Å²) in [6.07, 6.45) is 1.68. The first-order valence-electron chi connectivity index (χ1n) is 8.87. The summed E-state index contributed by atoms with van der Waals surface area (Å²) in [5, 5.41) is 12.1. The van der Waals surface area contributed by atoms with Gasteiger partial charge in [0.25, 0.3) is 0 Å². The lowest BCUT2D eigenvalue weighted by Crippen LogP contribution is -2.37.